The summed E-state index contributed by atoms with van der Waals surface area (Å²) in [7, 11) is 0. The fourth-order valence-corrected chi connectivity index (χ4v) is 3.24. The third kappa shape index (κ3) is 4.57. The van der Waals surface area contributed by atoms with Crippen LogP contribution in [0.4, 0.5) is 5.82 Å². The van der Waals surface area contributed by atoms with Crippen molar-refractivity contribution in [3.05, 3.63) is 59.9 Å². The lowest BCUT2D eigenvalue weighted by atomic mass is 10.2. The van der Waals surface area contributed by atoms with Gasteiger partial charge in [0, 0.05) is 19.3 Å². The van der Waals surface area contributed by atoms with E-state index in [1.807, 2.05) is 56.3 Å². The van der Waals surface area contributed by atoms with Gasteiger partial charge in [-0.15, -0.1) is 0 Å². The van der Waals surface area contributed by atoms with E-state index < -0.39 is 0 Å². The van der Waals surface area contributed by atoms with E-state index >= 15 is 0 Å². The average Bonchev–Trinajstić information content (AvgIpc) is 3.06. The number of nitrogens with one attached hydrogen (secondary N) is 1. The lowest BCUT2D eigenvalue weighted by Gasteiger charge is -2.08. The van der Waals surface area contributed by atoms with Crippen molar-refractivity contribution >= 4 is 40.1 Å². The smallest absolute Gasteiger partial charge is 0.257 e. The van der Waals surface area contributed by atoms with Gasteiger partial charge in [-0.05, 0) is 44.5 Å². The van der Waals surface area contributed by atoms with E-state index in [0.29, 0.717) is 47.5 Å². The molecular weight excluding hydrogens is 406 g/mol. The molecule has 0 aliphatic carbocycles. The monoisotopic (exact) mass is 431 g/mol. The Hall–Kier alpha value is -3.85. The number of carbonyl (C=O) groups is 1. The van der Waals surface area contributed by atoms with Crippen LogP contribution in [-0.2, 0) is 4.74 Å². The number of hydrogen-bond acceptors (Lipinski definition) is 7. The van der Waals surface area contributed by atoms with Crippen LogP contribution in [0, 0.1) is 0 Å². The van der Waals surface area contributed by atoms with Gasteiger partial charge in [0.15, 0.2) is 5.65 Å². The molecule has 1 aromatic carbocycles. The number of rotatable bonds is 8. The van der Waals surface area contributed by atoms with Gasteiger partial charge in [0.1, 0.15) is 16.9 Å². The summed E-state index contributed by atoms with van der Waals surface area (Å²) in [5.74, 6) is -0.160. The van der Waals surface area contributed by atoms with Crippen molar-refractivity contribution in [3.63, 3.8) is 0 Å². The normalized spacial score (nSPS) is 11.7. The number of nitrogens with zero attached hydrogens (tertiary/aromatic N) is 5. The maximum atomic E-state index is 13.0. The number of ether oxygens (including phenoxy) is 1. The molecule has 0 spiro atoms. The van der Waals surface area contributed by atoms with Crippen LogP contribution in [0.5, 0.6) is 0 Å². The lowest BCUT2D eigenvalue weighted by Crippen LogP contribution is -2.26. The topological polar surface area (TPSA) is 120 Å². The Morgan fingerprint density at radius 2 is 1.94 bits per heavy atom. The lowest BCUT2D eigenvalue weighted by molar-refractivity contribution is 0.0757. The molecule has 0 radical (unpaired) electrons. The number of aromatic nitrogens is 4. The first-order valence-electron chi connectivity index (χ1n) is 10.5. The molecule has 0 saturated heterocycles. The Morgan fingerprint density at radius 1 is 1.19 bits per heavy atom. The number of benzene rings is 1. The summed E-state index contributed by atoms with van der Waals surface area (Å²) in [6, 6.07) is 13.0. The molecule has 0 aliphatic rings. The fraction of sp³-hybridized carbons (Fsp3) is 0.261. The quantitative estimate of drug-likeness (QED) is 0.327. The van der Waals surface area contributed by atoms with Crippen molar-refractivity contribution in [1.29, 1.82) is 0 Å². The first-order chi connectivity index (χ1) is 15.5. The second-order valence-electron chi connectivity index (χ2n) is 7.48. The molecule has 0 fully saturated rings. The number of anilines is 1. The van der Waals surface area contributed by atoms with E-state index in [-0.39, 0.29) is 23.4 Å². The number of pyridine rings is 1. The third-order valence-corrected chi connectivity index (χ3v) is 4.75. The number of hydrogen-bond donors (Lipinski definition) is 2. The highest BCUT2D eigenvalue weighted by Crippen LogP contribution is 2.27. The second-order valence-corrected chi connectivity index (χ2v) is 7.48. The minimum absolute atomic E-state index is 0.153. The molecule has 3 aromatic heterocycles. The van der Waals surface area contributed by atoms with E-state index in [0.717, 1.165) is 0 Å². The highest BCUT2D eigenvalue weighted by atomic mass is 16.5. The van der Waals surface area contributed by atoms with E-state index in [4.69, 9.17) is 10.5 Å². The van der Waals surface area contributed by atoms with Crippen molar-refractivity contribution in [2.45, 2.75) is 26.4 Å². The largest absolute Gasteiger partial charge is 0.383 e. The summed E-state index contributed by atoms with van der Waals surface area (Å²) in [5.41, 5.74) is 9.44. The molecule has 0 bridgehead atoms. The maximum Gasteiger partial charge on any atom is 0.257 e. The molecule has 0 saturated carbocycles. The molecule has 9 nitrogen and oxygen atoms in total. The number of fused-ring (bicyclic) bond motifs is 2. The Bertz CT molecular complexity index is 1270. The van der Waals surface area contributed by atoms with Gasteiger partial charge in [-0.3, -0.25) is 9.78 Å². The highest BCUT2D eigenvalue weighted by molar-refractivity contribution is 6.10. The summed E-state index contributed by atoms with van der Waals surface area (Å²) in [5, 5.41) is 7.34. The van der Waals surface area contributed by atoms with Crippen LogP contribution in [0.1, 0.15) is 36.3 Å². The molecule has 9 heteroatoms. The summed E-state index contributed by atoms with van der Waals surface area (Å²) < 4.78 is 6.95. The van der Waals surface area contributed by atoms with Crippen LogP contribution < -0.4 is 11.1 Å². The van der Waals surface area contributed by atoms with E-state index in [9.17, 15) is 4.79 Å². The van der Waals surface area contributed by atoms with Crippen LogP contribution in [0.3, 0.4) is 0 Å². The zero-order valence-electron chi connectivity index (χ0n) is 18.0. The molecule has 4 aromatic rings. The molecular formula is C23H25N7O2. The van der Waals surface area contributed by atoms with E-state index in [1.54, 1.807) is 12.4 Å². The van der Waals surface area contributed by atoms with E-state index in [1.165, 1.54) is 4.68 Å². The molecule has 1 amide bonds. The van der Waals surface area contributed by atoms with Crippen molar-refractivity contribution < 1.29 is 9.53 Å². The standard InChI is InChI=1S/C23H25N7O2/c1-15(2)32-13-7-12-26-23(31)19-20-22(29-18-10-4-3-9-17(18)28-20)30(21(19)24)27-14-16-8-5-6-11-25-16/h3-6,8-11,14-15H,7,12-13,24H2,1-2H3,(H,26,31). The first kappa shape index (κ1) is 21.4. The van der Waals surface area contributed by atoms with Gasteiger partial charge in [-0.1, -0.05) is 18.2 Å². The minimum atomic E-state index is -0.326. The molecule has 164 valence electrons. The maximum absolute atomic E-state index is 13.0. The highest BCUT2D eigenvalue weighted by Gasteiger charge is 2.23. The average molecular weight is 432 g/mol. The van der Waals surface area contributed by atoms with Crippen LogP contribution >= 0.6 is 0 Å². The fourth-order valence-electron chi connectivity index (χ4n) is 3.24. The van der Waals surface area contributed by atoms with Gasteiger partial charge < -0.3 is 15.8 Å². The summed E-state index contributed by atoms with van der Waals surface area (Å²) in [4.78, 5) is 26.6. The van der Waals surface area contributed by atoms with Crippen LogP contribution in [0.2, 0.25) is 0 Å². The summed E-state index contributed by atoms with van der Waals surface area (Å²) in [6.07, 6.45) is 4.08. The van der Waals surface area contributed by atoms with E-state index in [2.05, 4.69) is 25.4 Å². The van der Waals surface area contributed by atoms with Gasteiger partial charge in [0.05, 0.1) is 29.0 Å². The molecule has 32 heavy (non-hydrogen) atoms. The summed E-state index contributed by atoms with van der Waals surface area (Å²) >= 11 is 0. The Morgan fingerprint density at radius 3 is 2.66 bits per heavy atom. The van der Waals surface area contributed by atoms with Crippen LogP contribution in [0.25, 0.3) is 22.2 Å². The van der Waals surface area contributed by atoms with Crippen molar-refractivity contribution in [3.8, 4) is 0 Å². The SMILES string of the molecule is CC(C)OCCCNC(=O)c1c(N)n(N=Cc2ccccn2)c2nc3ccccc3nc12. The molecule has 0 unspecified atom stereocenters. The summed E-state index contributed by atoms with van der Waals surface area (Å²) in [6.45, 7) is 4.97. The molecule has 3 heterocycles. The van der Waals surface area contributed by atoms with Gasteiger partial charge in [-0.25, -0.2) is 9.97 Å². The van der Waals surface area contributed by atoms with Crippen LogP contribution in [-0.4, -0.2) is 51.0 Å². The number of amides is 1. The predicted molar refractivity (Wildman–Crippen MR) is 125 cm³/mol. The third-order valence-electron chi connectivity index (χ3n) is 4.75. The minimum Gasteiger partial charge on any atom is -0.383 e. The van der Waals surface area contributed by atoms with Gasteiger partial charge in [0.25, 0.3) is 5.91 Å². The number of nitrogen functional groups attached to an aromatic ring is 1. The predicted octanol–water partition coefficient (Wildman–Crippen LogP) is 2.99. The van der Waals surface area contributed by atoms with Crippen LogP contribution in [0.15, 0.2) is 53.8 Å². The van der Waals surface area contributed by atoms with Crippen molar-refractivity contribution in [1.82, 2.24) is 24.9 Å². The Balaban J connectivity index is 1.71. The van der Waals surface area contributed by atoms with Gasteiger partial charge in [-0.2, -0.15) is 9.78 Å². The molecule has 0 aliphatic heterocycles. The molecule has 4 rings (SSSR count). The number of para-hydroxylation sites is 2. The first-order valence-corrected chi connectivity index (χ1v) is 10.5. The zero-order chi connectivity index (χ0) is 22.5. The Kier molecular flexibility index (Phi) is 6.37. The van der Waals surface area contributed by atoms with Crippen molar-refractivity contribution in [2.24, 2.45) is 5.10 Å². The van der Waals surface area contributed by atoms with Gasteiger partial charge in [0.2, 0.25) is 0 Å². The zero-order valence-corrected chi connectivity index (χ0v) is 18.0. The Labute approximate surface area is 185 Å². The number of nitrogens with two attached hydrogens (primary N) is 1. The van der Waals surface area contributed by atoms with Crippen molar-refractivity contribution in [2.75, 3.05) is 18.9 Å². The molecule has 3 N–H and O–H groups in total. The molecule has 0 atom stereocenters. The second kappa shape index (κ2) is 9.52. The number of carbonyl (C=O) groups excluding carboxylic acids is 1. The van der Waals surface area contributed by atoms with Gasteiger partial charge >= 0.3 is 0 Å².